The Morgan fingerprint density at radius 1 is 1.33 bits per heavy atom. The van der Waals surface area contributed by atoms with Crippen LogP contribution in [0.4, 0.5) is 0 Å². The summed E-state index contributed by atoms with van der Waals surface area (Å²) in [6, 6.07) is 5.08. The van der Waals surface area contributed by atoms with Crippen LogP contribution in [0.25, 0.3) is 11.2 Å². The van der Waals surface area contributed by atoms with Crippen molar-refractivity contribution in [2.24, 2.45) is 5.92 Å². The largest absolute Gasteiger partial charge is 0.308 e. The number of aromatic nitrogens is 3. The molecule has 1 saturated heterocycles. The van der Waals surface area contributed by atoms with Gasteiger partial charge in [-0.15, -0.1) is 0 Å². The first-order valence-corrected chi connectivity index (χ1v) is 6.91. The van der Waals surface area contributed by atoms with Crippen LogP contribution < -0.4 is 5.32 Å². The molecule has 0 bridgehead atoms. The van der Waals surface area contributed by atoms with E-state index in [-0.39, 0.29) is 0 Å². The van der Waals surface area contributed by atoms with Crippen LogP contribution >= 0.6 is 0 Å². The highest BCUT2D eigenvalue weighted by Gasteiger charge is 2.34. The van der Waals surface area contributed by atoms with E-state index < -0.39 is 0 Å². The summed E-state index contributed by atoms with van der Waals surface area (Å²) in [5, 5.41) is 3.60. The van der Waals surface area contributed by atoms with Crippen LogP contribution in [0.5, 0.6) is 0 Å². The van der Waals surface area contributed by atoms with E-state index in [1.807, 2.05) is 12.3 Å². The van der Waals surface area contributed by atoms with Gasteiger partial charge in [-0.1, -0.05) is 6.92 Å². The Morgan fingerprint density at radius 2 is 2.22 bits per heavy atom. The second kappa shape index (κ2) is 3.79. The molecular formula is C14H18N4. The molecule has 1 saturated carbocycles. The molecule has 3 heterocycles. The maximum atomic E-state index is 4.84. The third-order valence-electron chi connectivity index (χ3n) is 4.20. The molecule has 94 valence electrons. The van der Waals surface area contributed by atoms with Crippen molar-refractivity contribution < 1.29 is 0 Å². The van der Waals surface area contributed by atoms with E-state index in [1.54, 1.807) is 0 Å². The highest BCUT2D eigenvalue weighted by Crippen LogP contribution is 2.41. The van der Waals surface area contributed by atoms with Crippen molar-refractivity contribution >= 4 is 11.2 Å². The Morgan fingerprint density at radius 3 is 2.94 bits per heavy atom. The van der Waals surface area contributed by atoms with Crippen LogP contribution in [0.3, 0.4) is 0 Å². The standard InChI is InChI=1S/C14H18N4/c1-9-6-8-15-12(9)14-17-11-3-2-7-16-13(11)18(14)10-4-5-10/h2-3,7,9-10,12,15H,4-6,8H2,1H3. The predicted molar refractivity (Wildman–Crippen MR) is 70.3 cm³/mol. The van der Waals surface area contributed by atoms with Crippen molar-refractivity contribution in [3.05, 3.63) is 24.2 Å². The van der Waals surface area contributed by atoms with Gasteiger partial charge in [0.25, 0.3) is 0 Å². The molecule has 0 radical (unpaired) electrons. The Kier molecular flexibility index (Phi) is 2.21. The van der Waals surface area contributed by atoms with Crippen LogP contribution in [0.2, 0.25) is 0 Å². The van der Waals surface area contributed by atoms with Gasteiger partial charge in [-0.2, -0.15) is 0 Å². The lowest BCUT2D eigenvalue weighted by Crippen LogP contribution is -2.21. The summed E-state index contributed by atoms with van der Waals surface area (Å²) in [6.45, 7) is 3.42. The summed E-state index contributed by atoms with van der Waals surface area (Å²) >= 11 is 0. The van der Waals surface area contributed by atoms with Gasteiger partial charge in [0.15, 0.2) is 5.65 Å². The summed E-state index contributed by atoms with van der Waals surface area (Å²) in [6.07, 6.45) is 5.66. The molecule has 2 fully saturated rings. The number of nitrogens with zero attached hydrogens (tertiary/aromatic N) is 3. The zero-order valence-corrected chi connectivity index (χ0v) is 10.6. The van der Waals surface area contributed by atoms with Gasteiger partial charge < -0.3 is 9.88 Å². The molecule has 2 aliphatic rings. The third-order valence-corrected chi connectivity index (χ3v) is 4.20. The summed E-state index contributed by atoms with van der Waals surface area (Å²) in [5.41, 5.74) is 2.11. The zero-order valence-electron chi connectivity index (χ0n) is 10.6. The second-order valence-electron chi connectivity index (χ2n) is 5.62. The minimum Gasteiger partial charge on any atom is -0.308 e. The molecule has 4 heteroatoms. The van der Waals surface area contributed by atoms with Crippen molar-refractivity contribution in [3.63, 3.8) is 0 Å². The van der Waals surface area contributed by atoms with Crippen LogP contribution in [0, 0.1) is 5.92 Å². The molecule has 0 amide bonds. The van der Waals surface area contributed by atoms with Gasteiger partial charge in [0.2, 0.25) is 0 Å². The second-order valence-corrected chi connectivity index (χ2v) is 5.62. The highest BCUT2D eigenvalue weighted by atomic mass is 15.2. The van der Waals surface area contributed by atoms with E-state index >= 15 is 0 Å². The van der Waals surface area contributed by atoms with Crippen LogP contribution in [0.15, 0.2) is 18.3 Å². The number of hydrogen-bond donors (Lipinski definition) is 1. The summed E-state index contributed by atoms with van der Waals surface area (Å²) in [7, 11) is 0. The third kappa shape index (κ3) is 1.48. The lowest BCUT2D eigenvalue weighted by atomic mass is 10.0. The predicted octanol–water partition coefficient (Wildman–Crippen LogP) is 2.44. The van der Waals surface area contributed by atoms with Gasteiger partial charge in [-0.25, -0.2) is 9.97 Å². The maximum absolute atomic E-state index is 4.84. The lowest BCUT2D eigenvalue weighted by molar-refractivity contribution is 0.459. The number of hydrogen-bond acceptors (Lipinski definition) is 3. The molecule has 1 aliphatic heterocycles. The van der Waals surface area contributed by atoms with Crippen molar-refractivity contribution in [3.8, 4) is 0 Å². The zero-order chi connectivity index (χ0) is 12.1. The first-order valence-electron chi connectivity index (χ1n) is 6.91. The molecule has 1 N–H and O–H groups in total. The quantitative estimate of drug-likeness (QED) is 0.879. The molecule has 1 aliphatic carbocycles. The molecule has 2 atom stereocenters. The minimum atomic E-state index is 0.403. The van der Waals surface area contributed by atoms with Gasteiger partial charge in [0.1, 0.15) is 11.3 Å². The minimum absolute atomic E-state index is 0.403. The van der Waals surface area contributed by atoms with Crippen molar-refractivity contribution in [2.75, 3.05) is 6.54 Å². The van der Waals surface area contributed by atoms with Gasteiger partial charge >= 0.3 is 0 Å². The van der Waals surface area contributed by atoms with Gasteiger partial charge in [-0.3, -0.25) is 0 Å². The summed E-state index contributed by atoms with van der Waals surface area (Å²) in [5.74, 6) is 1.87. The smallest absolute Gasteiger partial charge is 0.160 e. The van der Waals surface area contributed by atoms with E-state index in [2.05, 4.69) is 27.9 Å². The molecule has 4 rings (SSSR count). The van der Waals surface area contributed by atoms with E-state index in [0.29, 0.717) is 18.0 Å². The summed E-state index contributed by atoms with van der Waals surface area (Å²) in [4.78, 5) is 9.38. The Labute approximate surface area is 106 Å². The van der Waals surface area contributed by atoms with Gasteiger partial charge in [0.05, 0.1) is 6.04 Å². The van der Waals surface area contributed by atoms with Crippen LogP contribution in [-0.2, 0) is 0 Å². The fraction of sp³-hybridized carbons (Fsp3) is 0.571. The number of nitrogens with one attached hydrogen (secondary N) is 1. The average molecular weight is 242 g/mol. The first-order chi connectivity index (χ1) is 8.84. The first kappa shape index (κ1) is 10.5. The van der Waals surface area contributed by atoms with Crippen molar-refractivity contribution in [1.29, 1.82) is 0 Å². The molecule has 2 unspecified atom stereocenters. The summed E-state index contributed by atoms with van der Waals surface area (Å²) < 4.78 is 2.38. The van der Waals surface area contributed by atoms with Crippen molar-refractivity contribution in [2.45, 2.75) is 38.3 Å². The molecular weight excluding hydrogens is 224 g/mol. The fourth-order valence-corrected chi connectivity index (χ4v) is 3.04. The molecule has 4 nitrogen and oxygen atoms in total. The number of fused-ring (bicyclic) bond motifs is 1. The molecule has 2 aromatic heterocycles. The maximum Gasteiger partial charge on any atom is 0.160 e. The van der Waals surface area contributed by atoms with Crippen LogP contribution in [0.1, 0.15) is 44.1 Å². The van der Waals surface area contributed by atoms with Gasteiger partial charge in [-0.05, 0) is 43.9 Å². The van der Waals surface area contributed by atoms with E-state index in [0.717, 1.165) is 17.7 Å². The average Bonchev–Trinajstić information content (AvgIpc) is 3.01. The topological polar surface area (TPSA) is 42.7 Å². The highest BCUT2D eigenvalue weighted by molar-refractivity contribution is 5.71. The molecule has 0 aromatic carbocycles. The monoisotopic (exact) mass is 242 g/mol. The Balaban J connectivity index is 1.90. The van der Waals surface area contributed by atoms with Crippen molar-refractivity contribution in [1.82, 2.24) is 19.9 Å². The SMILES string of the molecule is CC1CCNC1c1nc2cccnc2n1C1CC1. The fourth-order valence-electron chi connectivity index (χ4n) is 3.04. The molecule has 2 aromatic rings. The normalized spacial score (nSPS) is 28.1. The lowest BCUT2D eigenvalue weighted by Gasteiger charge is -2.17. The van der Waals surface area contributed by atoms with Gasteiger partial charge in [0, 0.05) is 12.2 Å². The molecule has 0 spiro atoms. The van der Waals surface area contributed by atoms with Crippen LogP contribution in [-0.4, -0.2) is 21.1 Å². The Bertz CT molecular complexity index is 584. The number of pyridine rings is 1. The Hall–Kier alpha value is -1.42. The van der Waals surface area contributed by atoms with E-state index in [4.69, 9.17) is 4.98 Å². The molecule has 18 heavy (non-hydrogen) atoms. The van der Waals surface area contributed by atoms with E-state index in [9.17, 15) is 0 Å². The van der Waals surface area contributed by atoms with E-state index in [1.165, 1.54) is 25.1 Å². The number of rotatable bonds is 2. The number of imidazole rings is 1.